The van der Waals surface area contributed by atoms with Gasteiger partial charge in [-0.3, -0.25) is 14.3 Å². The molecule has 1 heterocycles. The number of hydrogen-bond donors (Lipinski definition) is 2. The van der Waals surface area contributed by atoms with Crippen LogP contribution in [-0.4, -0.2) is 55.4 Å². The van der Waals surface area contributed by atoms with Gasteiger partial charge in [-0.25, -0.2) is 8.42 Å². The van der Waals surface area contributed by atoms with Crippen LogP contribution in [0, 0.1) is 13.8 Å². The summed E-state index contributed by atoms with van der Waals surface area (Å²) >= 11 is 6.22. The van der Waals surface area contributed by atoms with Crippen LogP contribution < -0.4 is 5.32 Å². The molecular weight excluding hydrogens is 550 g/mol. The molecule has 1 amide bonds. The van der Waals surface area contributed by atoms with Gasteiger partial charge >= 0.3 is 0 Å². The number of pyridine rings is 1. The summed E-state index contributed by atoms with van der Waals surface area (Å²) in [5.41, 5.74) is 3.94. The van der Waals surface area contributed by atoms with E-state index in [1.54, 1.807) is 38.4 Å². The minimum absolute atomic E-state index is 0.0322. The van der Waals surface area contributed by atoms with Crippen LogP contribution in [0.3, 0.4) is 0 Å². The Hall–Kier alpha value is -2.83. The molecule has 0 aliphatic heterocycles. The molecule has 2 aromatic carbocycles. The summed E-state index contributed by atoms with van der Waals surface area (Å²) in [6.45, 7) is 4.84. The van der Waals surface area contributed by atoms with E-state index in [4.69, 9.17) is 16.2 Å². The standard InChI is InChI=1S/C26H30ClN3O6S2/c1-18-17-28-12-10-23(18)22-7-4-6-21(16-22)20(3)30(14-11-26(31)29-13-15-37(32,33)34)38(35,36)25-9-5-8-24(27)19(25)2/h4-10,12,16-17,20H,11,13-15H2,1-3H3,(H,29,31)(H,32,33,34)/t20-/m0/s1. The third kappa shape index (κ3) is 7.39. The van der Waals surface area contributed by atoms with E-state index in [9.17, 15) is 21.6 Å². The average Bonchev–Trinajstić information content (AvgIpc) is 2.85. The van der Waals surface area contributed by atoms with Crippen LogP contribution in [0.2, 0.25) is 5.02 Å². The highest BCUT2D eigenvalue weighted by Gasteiger charge is 2.32. The second kappa shape index (κ2) is 12.4. The third-order valence-electron chi connectivity index (χ3n) is 6.18. The first-order valence-corrected chi connectivity index (χ1v) is 15.2. The Balaban J connectivity index is 1.96. The zero-order chi connectivity index (χ0) is 28.1. The predicted molar refractivity (Wildman–Crippen MR) is 147 cm³/mol. The average molecular weight is 580 g/mol. The molecular formula is C26H30ClN3O6S2. The Kier molecular flexibility index (Phi) is 9.66. The molecule has 0 unspecified atom stereocenters. The molecule has 0 spiro atoms. The predicted octanol–water partition coefficient (Wildman–Crippen LogP) is 4.16. The lowest BCUT2D eigenvalue weighted by Gasteiger charge is -2.29. The SMILES string of the molecule is Cc1cnccc1-c1cccc([C@H](C)N(CCC(=O)NCCS(=O)(=O)O)S(=O)(=O)c2cccc(Cl)c2C)c1. The van der Waals surface area contributed by atoms with Crippen LogP contribution in [0.15, 0.2) is 65.8 Å². The molecule has 0 aliphatic rings. The molecule has 0 bridgehead atoms. The molecule has 0 radical (unpaired) electrons. The lowest BCUT2D eigenvalue weighted by Crippen LogP contribution is -2.38. The molecule has 204 valence electrons. The first kappa shape index (κ1) is 29.7. The number of benzene rings is 2. The number of carbonyl (C=O) groups is 1. The number of nitrogens with one attached hydrogen (secondary N) is 1. The van der Waals surface area contributed by atoms with Crippen molar-refractivity contribution >= 4 is 37.6 Å². The second-order valence-electron chi connectivity index (χ2n) is 8.86. The monoisotopic (exact) mass is 579 g/mol. The first-order chi connectivity index (χ1) is 17.8. The van der Waals surface area contributed by atoms with Crippen molar-refractivity contribution in [1.29, 1.82) is 0 Å². The minimum atomic E-state index is -4.24. The highest BCUT2D eigenvalue weighted by molar-refractivity contribution is 7.89. The molecule has 2 N–H and O–H groups in total. The maximum Gasteiger partial charge on any atom is 0.266 e. The number of rotatable bonds is 11. The van der Waals surface area contributed by atoms with Crippen molar-refractivity contribution in [2.75, 3.05) is 18.8 Å². The molecule has 0 saturated heterocycles. The van der Waals surface area contributed by atoms with Crippen molar-refractivity contribution in [2.45, 2.75) is 38.1 Å². The molecule has 0 fully saturated rings. The van der Waals surface area contributed by atoms with Crippen LogP contribution >= 0.6 is 11.6 Å². The number of halogens is 1. The summed E-state index contributed by atoms with van der Waals surface area (Å²) in [7, 11) is -8.34. The van der Waals surface area contributed by atoms with E-state index < -0.39 is 37.8 Å². The van der Waals surface area contributed by atoms with Gasteiger partial charge in [0.1, 0.15) is 0 Å². The van der Waals surface area contributed by atoms with E-state index in [2.05, 4.69) is 10.3 Å². The number of aromatic nitrogens is 1. The summed E-state index contributed by atoms with van der Waals surface area (Å²) in [5.74, 6) is -1.19. The number of hydrogen-bond acceptors (Lipinski definition) is 6. The van der Waals surface area contributed by atoms with Crippen LogP contribution in [-0.2, 0) is 24.9 Å². The van der Waals surface area contributed by atoms with Gasteiger partial charge in [0.25, 0.3) is 10.1 Å². The van der Waals surface area contributed by atoms with Gasteiger partial charge in [-0.15, -0.1) is 0 Å². The number of sulfonamides is 1. The Morgan fingerprint density at radius 2 is 1.82 bits per heavy atom. The molecule has 9 nitrogen and oxygen atoms in total. The largest absolute Gasteiger partial charge is 0.355 e. The van der Waals surface area contributed by atoms with E-state index in [1.807, 2.05) is 37.3 Å². The van der Waals surface area contributed by atoms with Crippen molar-refractivity contribution in [3.05, 3.63) is 82.6 Å². The normalized spacial score (nSPS) is 12.9. The van der Waals surface area contributed by atoms with Gasteiger partial charge in [-0.2, -0.15) is 12.7 Å². The van der Waals surface area contributed by atoms with Crippen molar-refractivity contribution in [2.24, 2.45) is 0 Å². The van der Waals surface area contributed by atoms with E-state index in [1.165, 1.54) is 10.4 Å². The van der Waals surface area contributed by atoms with Crippen molar-refractivity contribution in [3.63, 3.8) is 0 Å². The molecule has 3 rings (SSSR count). The van der Waals surface area contributed by atoms with Crippen LogP contribution in [0.4, 0.5) is 0 Å². The fourth-order valence-corrected chi connectivity index (χ4v) is 6.52. The van der Waals surface area contributed by atoms with Gasteiger partial charge in [0.05, 0.1) is 10.6 Å². The van der Waals surface area contributed by atoms with E-state index in [-0.39, 0.29) is 24.4 Å². The van der Waals surface area contributed by atoms with E-state index >= 15 is 0 Å². The number of nitrogens with zero attached hydrogens (tertiary/aromatic N) is 2. The van der Waals surface area contributed by atoms with Crippen LogP contribution in [0.25, 0.3) is 11.1 Å². The van der Waals surface area contributed by atoms with Gasteiger partial charge in [0.2, 0.25) is 15.9 Å². The smallest absolute Gasteiger partial charge is 0.266 e. The van der Waals surface area contributed by atoms with Gasteiger partial charge < -0.3 is 5.32 Å². The summed E-state index contributed by atoms with van der Waals surface area (Å²) < 4.78 is 59.8. The van der Waals surface area contributed by atoms with E-state index in [0.29, 0.717) is 16.1 Å². The summed E-state index contributed by atoms with van der Waals surface area (Å²) in [5, 5.41) is 2.70. The van der Waals surface area contributed by atoms with Crippen LogP contribution in [0.5, 0.6) is 0 Å². The van der Waals surface area contributed by atoms with Crippen LogP contribution in [0.1, 0.15) is 36.1 Å². The van der Waals surface area contributed by atoms with Gasteiger partial charge in [0, 0.05) is 43.0 Å². The number of amides is 1. The first-order valence-electron chi connectivity index (χ1n) is 11.8. The second-order valence-corrected chi connectivity index (χ2v) is 12.7. The highest BCUT2D eigenvalue weighted by Crippen LogP contribution is 2.33. The van der Waals surface area contributed by atoms with Crippen molar-refractivity contribution < 1.29 is 26.2 Å². The fourth-order valence-electron chi connectivity index (χ4n) is 4.06. The molecule has 1 aromatic heterocycles. The van der Waals surface area contributed by atoms with E-state index in [0.717, 1.165) is 16.7 Å². The summed E-state index contributed by atoms with van der Waals surface area (Å²) in [6, 6.07) is 13.4. The van der Waals surface area contributed by atoms with Crippen molar-refractivity contribution in [1.82, 2.24) is 14.6 Å². The molecule has 12 heteroatoms. The zero-order valence-electron chi connectivity index (χ0n) is 21.3. The fraction of sp³-hybridized carbons (Fsp3) is 0.308. The lowest BCUT2D eigenvalue weighted by atomic mass is 9.98. The molecule has 1 atom stereocenters. The zero-order valence-corrected chi connectivity index (χ0v) is 23.6. The number of carbonyl (C=O) groups excluding carboxylic acids is 1. The Labute approximate surface area is 228 Å². The van der Waals surface area contributed by atoms with Gasteiger partial charge in [0.15, 0.2) is 0 Å². The third-order valence-corrected chi connectivity index (χ3v) is 9.42. The number of aryl methyl sites for hydroxylation is 1. The Morgan fingerprint density at radius 1 is 1.11 bits per heavy atom. The maximum absolute atomic E-state index is 13.9. The molecule has 0 saturated carbocycles. The van der Waals surface area contributed by atoms with Crippen molar-refractivity contribution in [3.8, 4) is 11.1 Å². The lowest BCUT2D eigenvalue weighted by molar-refractivity contribution is -0.121. The topological polar surface area (TPSA) is 134 Å². The molecule has 3 aromatic rings. The summed E-state index contributed by atoms with van der Waals surface area (Å²) in [6.07, 6.45) is 3.22. The van der Waals surface area contributed by atoms with Gasteiger partial charge in [-0.05, 0) is 72.9 Å². The van der Waals surface area contributed by atoms with Gasteiger partial charge in [-0.1, -0.05) is 35.9 Å². The maximum atomic E-state index is 13.9. The molecule has 38 heavy (non-hydrogen) atoms. The molecule has 0 aliphatic carbocycles. The minimum Gasteiger partial charge on any atom is -0.355 e. The quantitative estimate of drug-likeness (QED) is 0.326. The summed E-state index contributed by atoms with van der Waals surface area (Å²) in [4.78, 5) is 16.6. The Bertz CT molecular complexity index is 1530. The Morgan fingerprint density at radius 3 is 2.50 bits per heavy atom. The highest BCUT2D eigenvalue weighted by atomic mass is 35.5.